The molecule has 1 aromatic rings. The summed E-state index contributed by atoms with van der Waals surface area (Å²) in [5.41, 5.74) is 1.49. The molecule has 2 nitrogen and oxygen atoms in total. The largest absolute Gasteiger partial charge is 0.383 e. The minimum Gasteiger partial charge on any atom is -0.383 e. The Hall–Kier alpha value is -1.20. The summed E-state index contributed by atoms with van der Waals surface area (Å²) in [5, 5.41) is 12.7. The zero-order valence-corrected chi connectivity index (χ0v) is 10.5. The van der Waals surface area contributed by atoms with Gasteiger partial charge in [-0.3, -0.25) is 0 Å². The summed E-state index contributed by atoms with van der Waals surface area (Å²) in [5.74, 6) is 0. The number of benzene rings is 1. The van der Waals surface area contributed by atoms with Gasteiger partial charge in [0.25, 0.3) is 0 Å². The van der Waals surface area contributed by atoms with Gasteiger partial charge in [-0.05, 0) is 31.5 Å². The van der Waals surface area contributed by atoms with Gasteiger partial charge in [-0.2, -0.15) is 5.26 Å². The Morgan fingerprint density at radius 3 is 2.88 bits per heavy atom. The molecule has 1 unspecified atom stereocenters. The Labute approximate surface area is 102 Å². The van der Waals surface area contributed by atoms with Crippen molar-refractivity contribution >= 4 is 17.3 Å². The summed E-state index contributed by atoms with van der Waals surface area (Å²) >= 11 is 5.87. The lowest BCUT2D eigenvalue weighted by Gasteiger charge is -2.15. The van der Waals surface area contributed by atoms with E-state index in [0.717, 1.165) is 12.1 Å². The minimum absolute atomic E-state index is 0.424. The molecule has 0 aromatic heterocycles. The molecule has 0 saturated heterocycles. The van der Waals surface area contributed by atoms with Crippen molar-refractivity contribution in [3.05, 3.63) is 28.8 Å². The number of nitrogens with one attached hydrogen (secondary N) is 1. The number of halogens is 1. The van der Waals surface area contributed by atoms with Crippen LogP contribution in [0.3, 0.4) is 0 Å². The molecule has 0 saturated carbocycles. The van der Waals surface area contributed by atoms with Crippen molar-refractivity contribution in [2.45, 2.75) is 39.2 Å². The summed E-state index contributed by atoms with van der Waals surface area (Å²) in [6, 6.07) is 7.97. The normalized spacial score (nSPS) is 11.9. The van der Waals surface area contributed by atoms with Gasteiger partial charge >= 0.3 is 0 Å². The quantitative estimate of drug-likeness (QED) is 0.832. The van der Waals surface area contributed by atoms with Gasteiger partial charge in [0.1, 0.15) is 6.07 Å². The second-order valence-electron chi connectivity index (χ2n) is 3.99. The summed E-state index contributed by atoms with van der Waals surface area (Å²) in [7, 11) is 0. The van der Waals surface area contributed by atoms with Crippen LogP contribution in [0.4, 0.5) is 5.69 Å². The summed E-state index contributed by atoms with van der Waals surface area (Å²) in [4.78, 5) is 0. The number of rotatable bonds is 5. The number of nitrogens with zero attached hydrogens (tertiary/aromatic N) is 1. The smallest absolute Gasteiger partial charge is 0.101 e. The lowest BCUT2D eigenvalue weighted by molar-refractivity contribution is 0.645. The van der Waals surface area contributed by atoms with E-state index in [0.29, 0.717) is 16.6 Å². The third-order valence-electron chi connectivity index (χ3n) is 2.49. The van der Waals surface area contributed by atoms with Gasteiger partial charge in [0, 0.05) is 11.7 Å². The third kappa shape index (κ3) is 3.75. The molecule has 0 amide bonds. The van der Waals surface area contributed by atoms with Gasteiger partial charge in [0.05, 0.1) is 10.6 Å². The highest BCUT2D eigenvalue weighted by Gasteiger charge is 2.04. The maximum atomic E-state index is 8.86. The van der Waals surface area contributed by atoms with Crippen molar-refractivity contribution in [1.82, 2.24) is 0 Å². The maximum absolute atomic E-state index is 8.86. The number of hydrogen-bond acceptors (Lipinski definition) is 2. The summed E-state index contributed by atoms with van der Waals surface area (Å²) in [6.45, 7) is 4.33. The lowest BCUT2D eigenvalue weighted by Crippen LogP contribution is -2.14. The van der Waals surface area contributed by atoms with Crippen LogP contribution in [-0.2, 0) is 0 Å². The van der Waals surface area contributed by atoms with Crippen LogP contribution in [0.2, 0.25) is 5.02 Å². The molecule has 1 aromatic carbocycles. The standard InChI is InChI=1S/C13H17ClN2/c1-3-4-5-10(2)16-12-6-7-13(14)11(8-12)9-15/h6-8,10,16H,3-5H2,1-2H3. The molecular formula is C13H17ClN2. The zero-order chi connectivity index (χ0) is 12.0. The second kappa shape index (κ2) is 6.40. The molecule has 1 atom stereocenters. The van der Waals surface area contributed by atoms with Crippen molar-refractivity contribution in [3.63, 3.8) is 0 Å². The Morgan fingerprint density at radius 1 is 1.50 bits per heavy atom. The van der Waals surface area contributed by atoms with Crippen LogP contribution in [0.25, 0.3) is 0 Å². The topological polar surface area (TPSA) is 35.8 Å². The monoisotopic (exact) mass is 236 g/mol. The molecule has 86 valence electrons. The van der Waals surface area contributed by atoms with Crippen molar-refractivity contribution in [1.29, 1.82) is 5.26 Å². The fourth-order valence-electron chi connectivity index (χ4n) is 1.57. The van der Waals surface area contributed by atoms with E-state index in [9.17, 15) is 0 Å². The summed E-state index contributed by atoms with van der Waals surface area (Å²) in [6.07, 6.45) is 3.56. The van der Waals surface area contributed by atoms with Crippen LogP contribution in [0.1, 0.15) is 38.7 Å². The van der Waals surface area contributed by atoms with E-state index in [1.807, 2.05) is 6.07 Å². The lowest BCUT2D eigenvalue weighted by atomic mass is 10.1. The van der Waals surface area contributed by atoms with Gasteiger partial charge in [-0.15, -0.1) is 0 Å². The molecule has 3 heteroatoms. The average Bonchev–Trinajstić information content (AvgIpc) is 2.29. The van der Waals surface area contributed by atoms with Crippen molar-refractivity contribution in [3.8, 4) is 6.07 Å². The van der Waals surface area contributed by atoms with Crippen LogP contribution < -0.4 is 5.32 Å². The second-order valence-corrected chi connectivity index (χ2v) is 4.40. The van der Waals surface area contributed by atoms with Crippen LogP contribution >= 0.6 is 11.6 Å². The molecule has 1 rings (SSSR count). The first-order valence-corrected chi connectivity index (χ1v) is 6.01. The molecule has 0 aliphatic heterocycles. The molecule has 0 bridgehead atoms. The van der Waals surface area contributed by atoms with E-state index in [-0.39, 0.29) is 0 Å². The van der Waals surface area contributed by atoms with Crippen LogP contribution in [-0.4, -0.2) is 6.04 Å². The SMILES string of the molecule is CCCCC(C)Nc1ccc(Cl)c(C#N)c1. The summed E-state index contributed by atoms with van der Waals surface area (Å²) < 4.78 is 0. The molecule has 0 aliphatic carbocycles. The fraction of sp³-hybridized carbons (Fsp3) is 0.462. The van der Waals surface area contributed by atoms with Crippen LogP contribution in [0.15, 0.2) is 18.2 Å². The molecule has 16 heavy (non-hydrogen) atoms. The van der Waals surface area contributed by atoms with Gasteiger partial charge in [-0.25, -0.2) is 0 Å². The minimum atomic E-state index is 0.424. The molecule has 0 spiro atoms. The Morgan fingerprint density at radius 2 is 2.25 bits per heavy atom. The van der Waals surface area contributed by atoms with Crippen molar-refractivity contribution in [2.24, 2.45) is 0 Å². The highest BCUT2D eigenvalue weighted by Crippen LogP contribution is 2.20. The van der Waals surface area contributed by atoms with E-state index >= 15 is 0 Å². The van der Waals surface area contributed by atoms with Crippen LogP contribution in [0.5, 0.6) is 0 Å². The van der Waals surface area contributed by atoms with Gasteiger partial charge in [0.2, 0.25) is 0 Å². The molecule has 1 N–H and O–H groups in total. The van der Waals surface area contributed by atoms with Gasteiger partial charge < -0.3 is 5.32 Å². The number of nitriles is 1. The van der Waals surface area contributed by atoms with E-state index in [2.05, 4.69) is 25.2 Å². The molecule has 0 radical (unpaired) electrons. The van der Waals surface area contributed by atoms with E-state index in [1.165, 1.54) is 12.8 Å². The highest BCUT2D eigenvalue weighted by atomic mass is 35.5. The highest BCUT2D eigenvalue weighted by molar-refractivity contribution is 6.31. The van der Waals surface area contributed by atoms with E-state index in [4.69, 9.17) is 16.9 Å². The van der Waals surface area contributed by atoms with Crippen molar-refractivity contribution in [2.75, 3.05) is 5.32 Å². The number of unbranched alkanes of at least 4 members (excludes halogenated alkanes) is 1. The van der Waals surface area contributed by atoms with Crippen LogP contribution in [0, 0.1) is 11.3 Å². The Bertz CT molecular complexity index is 382. The maximum Gasteiger partial charge on any atom is 0.101 e. The molecule has 0 heterocycles. The number of hydrogen-bond donors (Lipinski definition) is 1. The molecule has 0 fully saturated rings. The predicted molar refractivity (Wildman–Crippen MR) is 68.8 cm³/mol. The molecule has 0 aliphatic rings. The number of anilines is 1. The van der Waals surface area contributed by atoms with E-state index in [1.54, 1.807) is 12.1 Å². The predicted octanol–water partition coefficient (Wildman–Crippen LogP) is 4.20. The van der Waals surface area contributed by atoms with E-state index < -0.39 is 0 Å². The zero-order valence-electron chi connectivity index (χ0n) is 9.76. The third-order valence-corrected chi connectivity index (χ3v) is 2.82. The van der Waals surface area contributed by atoms with Gasteiger partial charge in [-0.1, -0.05) is 31.4 Å². The first-order valence-electron chi connectivity index (χ1n) is 5.63. The van der Waals surface area contributed by atoms with Gasteiger partial charge in [0.15, 0.2) is 0 Å². The first kappa shape index (κ1) is 12.9. The van der Waals surface area contributed by atoms with Crippen molar-refractivity contribution < 1.29 is 0 Å². The first-order chi connectivity index (χ1) is 7.67. The Kier molecular flexibility index (Phi) is 5.14. The molecular weight excluding hydrogens is 220 g/mol. The fourth-order valence-corrected chi connectivity index (χ4v) is 1.73. The average molecular weight is 237 g/mol. The Balaban J connectivity index is 2.64.